The van der Waals surface area contributed by atoms with Crippen LogP contribution in [0.2, 0.25) is 15.1 Å². The Hall–Kier alpha value is -1.59. The highest BCUT2D eigenvalue weighted by molar-refractivity contribution is 7.14. The highest BCUT2D eigenvalue weighted by Gasteiger charge is 2.18. The van der Waals surface area contributed by atoms with E-state index >= 15 is 0 Å². The Morgan fingerprint density at radius 1 is 1.00 bits per heavy atom. The number of hydrogen-bond acceptors (Lipinski definition) is 3. The lowest BCUT2D eigenvalue weighted by Crippen LogP contribution is -2.13. The molecule has 1 heterocycles. The van der Waals surface area contributed by atoms with Crippen molar-refractivity contribution in [3.63, 3.8) is 0 Å². The largest absolute Gasteiger partial charge is 0.298 e. The highest BCUT2D eigenvalue weighted by Crippen LogP contribution is 2.32. The lowest BCUT2D eigenvalue weighted by Gasteiger charge is -2.07. The number of benzene rings is 2. The van der Waals surface area contributed by atoms with E-state index in [1.54, 1.807) is 6.07 Å². The zero-order valence-corrected chi connectivity index (χ0v) is 14.6. The van der Waals surface area contributed by atoms with Crippen molar-refractivity contribution in [3.05, 3.63) is 68.5 Å². The smallest absolute Gasteiger partial charge is 0.260 e. The minimum absolute atomic E-state index is 0.122. The summed E-state index contributed by atoms with van der Waals surface area (Å²) in [6.45, 7) is 0. The van der Waals surface area contributed by atoms with Crippen molar-refractivity contribution in [1.29, 1.82) is 0 Å². The molecular formula is C16H9Cl3N2OS. The molecule has 0 aliphatic rings. The van der Waals surface area contributed by atoms with Crippen LogP contribution in [0.3, 0.4) is 0 Å². The summed E-state index contributed by atoms with van der Waals surface area (Å²) in [4.78, 5) is 16.8. The number of nitrogens with zero attached hydrogens (tertiary/aromatic N) is 1. The standard InChI is InChI=1S/C16H9Cl3N2OS/c17-10-6-7-11(18)14(19)13(10)15(22)21-16-20-12(8-23-16)9-4-2-1-3-5-9/h1-8H,(H,20,21,22). The second-order valence-corrected chi connectivity index (χ2v) is 6.63. The molecule has 1 amide bonds. The summed E-state index contributed by atoms with van der Waals surface area (Å²) in [6, 6.07) is 12.8. The van der Waals surface area contributed by atoms with Gasteiger partial charge in [-0.2, -0.15) is 0 Å². The number of carbonyl (C=O) groups is 1. The van der Waals surface area contributed by atoms with Crippen LogP contribution in [0.1, 0.15) is 10.4 Å². The molecule has 23 heavy (non-hydrogen) atoms. The molecule has 1 aromatic heterocycles. The molecule has 0 aliphatic carbocycles. The Balaban J connectivity index is 1.85. The third-order valence-electron chi connectivity index (χ3n) is 3.07. The van der Waals surface area contributed by atoms with Crippen LogP contribution >= 0.6 is 46.1 Å². The minimum Gasteiger partial charge on any atom is -0.298 e. The van der Waals surface area contributed by atoms with Crippen LogP contribution in [0.4, 0.5) is 5.13 Å². The van der Waals surface area contributed by atoms with Crippen LogP contribution in [0.5, 0.6) is 0 Å². The van der Waals surface area contributed by atoms with E-state index in [9.17, 15) is 4.79 Å². The fourth-order valence-corrected chi connectivity index (χ4v) is 3.38. The van der Waals surface area contributed by atoms with E-state index in [4.69, 9.17) is 34.8 Å². The molecule has 0 unspecified atom stereocenters. The second kappa shape index (κ2) is 6.89. The van der Waals surface area contributed by atoms with Crippen molar-refractivity contribution >= 4 is 57.2 Å². The molecule has 116 valence electrons. The van der Waals surface area contributed by atoms with E-state index in [-0.39, 0.29) is 20.6 Å². The maximum absolute atomic E-state index is 12.4. The number of aromatic nitrogens is 1. The van der Waals surface area contributed by atoms with Crippen LogP contribution in [0, 0.1) is 0 Å². The zero-order valence-electron chi connectivity index (χ0n) is 11.5. The van der Waals surface area contributed by atoms with Gasteiger partial charge in [0.1, 0.15) is 0 Å². The third-order valence-corrected chi connectivity index (χ3v) is 4.94. The summed E-state index contributed by atoms with van der Waals surface area (Å²) >= 11 is 19.4. The van der Waals surface area contributed by atoms with Crippen LogP contribution < -0.4 is 5.32 Å². The molecule has 0 bridgehead atoms. The molecule has 2 aromatic carbocycles. The van der Waals surface area contributed by atoms with Gasteiger partial charge in [-0.3, -0.25) is 10.1 Å². The first-order valence-corrected chi connectivity index (χ1v) is 8.53. The van der Waals surface area contributed by atoms with Gasteiger partial charge in [0, 0.05) is 10.9 Å². The molecule has 0 aliphatic heterocycles. The van der Waals surface area contributed by atoms with Gasteiger partial charge < -0.3 is 0 Å². The summed E-state index contributed by atoms with van der Waals surface area (Å²) in [7, 11) is 0. The zero-order chi connectivity index (χ0) is 16.4. The molecule has 0 atom stereocenters. The first kappa shape index (κ1) is 16.3. The van der Waals surface area contributed by atoms with E-state index < -0.39 is 5.91 Å². The van der Waals surface area contributed by atoms with Crippen molar-refractivity contribution < 1.29 is 4.79 Å². The number of carbonyl (C=O) groups excluding carboxylic acids is 1. The Bertz CT molecular complexity index is 865. The molecule has 0 spiro atoms. The maximum Gasteiger partial charge on any atom is 0.260 e. The Labute approximate surface area is 151 Å². The van der Waals surface area contributed by atoms with Crippen LogP contribution in [0.15, 0.2) is 47.8 Å². The van der Waals surface area contributed by atoms with E-state index in [1.165, 1.54) is 17.4 Å². The monoisotopic (exact) mass is 382 g/mol. The quantitative estimate of drug-likeness (QED) is 0.562. The number of rotatable bonds is 3. The number of amides is 1. The molecule has 3 nitrogen and oxygen atoms in total. The van der Waals surface area contributed by atoms with Gasteiger partial charge in [-0.15, -0.1) is 11.3 Å². The number of anilines is 1. The summed E-state index contributed by atoms with van der Waals surface area (Å²) < 4.78 is 0. The molecule has 7 heteroatoms. The number of thiazole rings is 1. The molecule has 0 radical (unpaired) electrons. The predicted molar refractivity (Wildman–Crippen MR) is 97.0 cm³/mol. The van der Waals surface area contributed by atoms with Gasteiger partial charge in [-0.1, -0.05) is 65.1 Å². The normalized spacial score (nSPS) is 10.6. The lowest BCUT2D eigenvalue weighted by molar-refractivity contribution is 0.102. The number of halogens is 3. The van der Waals surface area contributed by atoms with Crippen LogP contribution in [0.25, 0.3) is 11.3 Å². The minimum atomic E-state index is -0.448. The molecule has 0 saturated carbocycles. The molecule has 3 aromatic rings. The summed E-state index contributed by atoms with van der Waals surface area (Å²) in [5.41, 5.74) is 1.90. The van der Waals surface area contributed by atoms with Gasteiger partial charge in [0.05, 0.1) is 26.3 Å². The Kier molecular flexibility index (Phi) is 4.87. The SMILES string of the molecule is O=C(Nc1nc(-c2ccccc2)cs1)c1c(Cl)ccc(Cl)c1Cl. The lowest BCUT2D eigenvalue weighted by atomic mass is 10.2. The molecule has 0 fully saturated rings. The maximum atomic E-state index is 12.4. The van der Waals surface area contributed by atoms with Crippen molar-refractivity contribution in [1.82, 2.24) is 4.98 Å². The van der Waals surface area contributed by atoms with Gasteiger partial charge in [0.25, 0.3) is 5.91 Å². The first-order valence-electron chi connectivity index (χ1n) is 6.52. The van der Waals surface area contributed by atoms with Gasteiger partial charge in [0.2, 0.25) is 0 Å². The van der Waals surface area contributed by atoms with Crippen molar-refractivity contribution in [3.8, 4) is 11.3 Å². The molecule has 3 rings (SSSR count). The fourth-order valence-electron chi connectivity index (χ4n) is 1.97. The number of hydrogen-bond donors (Lipinski definition) is 1. The van der Waals surface area contributed by atoms with Gasteiger partial charge in [-0.25, -0.2) is 4.98 Å². The summed E-state index contributed by atoms with van der Waals surface area (Å²) in [6.07, 6.45) is 0. The number of nitrogens with one attached hydrogen (secondary N) is 1. The molecule has 0 saturated heterocycles. The summed E-state index contributed by atoms with van der Waals surface area (Å²) in [5.74, 6) is -0.448. The first-order chi connectivity index (χ1) is 11.1. The van der Waals surface area contributed by atoms with Gasteiger partial charge in [-0.05, 0) is 12.1 Å². The van der Waals surface area contributed by atoms with E-state index in [0.717, 1.165) is 11.3 Å². The van der Waals surface area contributed by atoms with Crippen molar-refractivity contribution in [2.75, 3.05) is 5.32 Å². The fraction of sp³-hybridized carbons (Fsp3) is 0. The predicted octanol–water partition coefficient (Wildman–Crippen LogP) is 6.02. The van der Waals surface area contributed by atoms with Crippen molar-refractivity contribution in [2.24, 2.45) is 0 Å². The summed E-state index contributed by atoms with van der Waals surface area (Å²) in [5, 5.41) is 5.65. The van der Waals surface area contributed by atoms with Crippen LogP contribution in [-0.4, -0.2) is 10.9 Å². The van der Waals surface area contributed by atoms with Crippen molar-refractivity contribution in [2.45, 2.75) is 0 Å². The Morgan fingerprint density at radius 3 is 2.43 bits per heavy atom. The molecule has 1 N–H and O–H groups in total. The second-order valence-electron chi connectivity index (χ2n) is 4.58. The average molecular weight is 384 g/mol. The third kappa shape index (κ3) is 3.51. The van der Waals surface area contributed by atoms with E-state index in [1.807, 2.05) is 35.7 Å². The van der Waals surface area contributed by atoms with Crippen LogP contribution in [-0.2, 0) is 0 Å². The van der Waals surface area contributed by atoms with E-state index in [2.05, 4.69) is 10.3 Å². The molecular weight excluding hydrogens is 375 g/mol. The Morgan fingerprint density at radius 2 is 1.70 bits per heavy atom. The van der Waals surface area contributed by atoms with Gasteiger partial charge >= 0.3 is 0 Å². The highest BCUT2D eigenvalue weighted by atomic mass is 35.5. The van der Waals surface area contributed by atoms with E-state index in [0.29, 0.717) is 5.13 Å². The topological polar surface area (TPSA) is 42.0 Å². The average Bonchev–Trinajstić information content (AvgIpc) is 3.01. The van der Waals surface area contributed by atoms with Gasteiger partial charge in [0.15, 0.2) is 5.13 Å².